The molecule has 1 N–H and O–H groups in total. The summed E-state index contributed by atoms with van der Waals surface area (Å²) in [5.41, 5.74) is 1.23. The first-order valence-corrected chi connectivity index (χ1v) is 8.46. The third kappa shape index (κ3) is 4.94. The van der Waals surface area contributed by atoms with E-state index >= 15 is 0 Å². The number of carbonyl (C=O) groups excluding carboxylic acids is 1. The van der Waals surface area contributed by atoms with Crippen LogP contribution in [0.1, 0.15) is 44.7 Å². The van der Waals surface area contributed by atoms with E-state index in [0.29, 0.717) is 17.5 Å². The van der Waals surface area contributed by atoms with Crippen LogP contribution in [0.4, 0.5) is 0 Å². The van der Waals surface area contributed by atoms with Crippen LogP contribution in [0, 0.1) is 0 Å². The maximum absolute atomic E-state index is 11.2. The van der Waals surface area contributed by atoms with E-state index in [4.69, 9.17) is 9.47 Å². The Morgan fingerprint density at radius 2 is 2.04 bits per heavy atom. The predicted molar refractivity (Wildman–Crippen MR) is 91.0 cm³/mol. The van der Waals surface area contributed by atoms with E-state index in [9.17, 15) is 4.79 Å². The summed E-state index contributed by atoms with van der Waals surface area (Å²) in [7, 11) is 1.61. The van der Waals surface area contributed by atoms with Gasteiger partial charge in [0.25, 0.3) is 0 Å². The number of methoxy groups -OCH3 is 1. The van der Waals surface area contributed by atoms with Gasteiger partial charge >= 0.3 is 5.97 Å². The molecule has 5 heteroatoms. The molecule has 0 saturated carbocycles. The Labute approximate surface area is 139 Å². The largest absolute Gasteiger partial charge is 0.493 e. The molecule has 1 fully saturated rings. The third-order valence-corrected chi connectivity index (χ3v) is 4.25. The van der Waals surface area contributed by atoms with Crippen LogP contribution in [0.25, 0.3) is 0 Å². The molecule has 1 aliphatic heterocycles. The number of carbonyl (C=O) groups is 1. The van der Waals surface area contributed by atoms with Crippen LogP contribution >= 0.6 is 0 Å². The van der Waals surface area contributed by atoms with Gasteiger partial charge in [0.1, 0.15) is 0 Å². The van der Waals surface area contributed by atoms with E-state index in [1.807, 2.05) is 12.1 Å². The van der Waals surface area contributed by atoms with Gasteiger partial charge in [0, 0.05) is 39.1 Å². The molecule has 23 heavy (non-hydrogen) atoms. The Bertz CT molecular complexity index is 513. The van der Waals surface area contributed by atoms with Crippen LogP contribution in [-0.2, 0) is 4.79 Å². The van der Waals surface area contributed by atoms with Crippen molar-refractivity contribution in [2.24, 2.45) is 0 Å². The van der Waals surface area contributed by atoms with Crippen LogP contribution in [0.5, 0.6) is 11.5 Å². The van der Waals surface area contributed by atoms with Crippen LogP contribution in [0.3, 0.4) is 0 Å². The number of benzene rings is 1. The number of hydrogen-bond donors (Lipinski definition) is 1. The monoisotopic (exact) mass is 320 g/mol. The summed E-state index contributed by atoms with van der Waals surface area (Å²) in [6, 6.07) is 6.30. The van der Waals surface area contributed by atoms with E-state index in [0.717, 1.165) is 32.6 Å². The van der Waals surface area contributed by atoms with Gasteiger partial charge in [0.15, 0.2) is 11.5 Å². The highest BCUT2D eigenvalue weighted by atomic mass is 16.6. The lowest BCUT2D eigenvalue weighted by Gasteiger charge is -2.35. The van der Waals surface area contributed by atoms with Crippen LogP contribution < -0.4 is 14.8 Å². The quantitative estimate of drug-likeness (QED) is 0.618. The minimum atomic E-state index is -0.333. The molecular formula is C18H28N2O3. The molecule has 0 bridgehead atoms. The minimum Gasteiger partial charge on any atom is -0.493 e. The molecule has 1 aromatic rings. The molecule has 0 aliphatic carbocycles. The molecule has 1 aliphatic rings. The van der Waals surface area contributed by atoms with Gasteiger partial charge in [0.2, 0.25) is 0 Å². The first kappa shape index (κ1) is 17.8. The Morgan fingerprint density at radius 3 is 2.65 bits per heavy atom. The van der Waals surface area contributed by atoms with Crippen molar-refractivity contribution >= 4 is 5.97 Å². The summed E-state index contributed by atoms with van der Waals surface area (Å²) in [5, 5.41) is 3.41. The zero-order chi connectivity index (χ0) is 16.7. The van der Waals surface area contributed by atoms with Crippen molar-refractivity contribution in [3.05, 3.63) is 23.8 Å². The number of esters is 1. The van der Waals surface area contributed by atoms with Gasteiger partial charge in [-0.2, -0.15) is 0 Å². The SMILES string of the molecule is CCCC[C@@H](c1ccc(OC(C)=O)c(OC)c1)N1CCNCC1. The molecule has 0 aromatic heterocycles. The molecule has 1 saturated heterocycles. The zero-order valence-corrected chi connectivity index (χ0v) is 14.4. The number of ether oxygens (including phenoxy) is 2. The average Bonchev–Trinajstić information content (AvgIpc) is 2.56. The van der Waals surface area contributed by atoms with E-state index in [-0.39, 0.29) is 5.97 Å². The number of rotatable bonds is 7. The van der Waals surface area contributed by atoms with Crippen molar-refractivity contribution in [3.8, 4) is 11.5 Å². The van der Waals surface area contributed by atoms with Gasteiger partial charge in [-0.3, -0.25) is 9.69 Å². The van der Waals surface area contributed by atoms with Crippen molar-refractivity contribution in [2.45, 2.75) is 39.2 Å². The maximum atomic E-state index is 11.2. The van der Waals surface area contributed by atoms with Gasteiger partial charge in [-0.15, -0.1) is 0 Å². The van der Waals surface area contributed by atoms with Gasteiger partial charge in [0.05, 0.1) is 7.11 Å². The maximum Gasteiger partial charge on any atom is 0.308 e. The molecule has 2 rings (SSSR count). The Balaban J connectivity index is 2.24. The molecule has 0 radical (unpaired) electrons. The summed E-state index contributed by atoms with van der Waals surface area (Å²) >= 11 is 0. The van der Waals surface area contributed by atoms with Gasteiger partial charge in [-0.25, -0.2) is 0 Å². The topological polar surface area (TPSA) is 50.8 Å². The molecule has 0 spiro atoms. The predicted octanol–water partition coefficient (Wildman–Crippen LogP) is 2.76. The van der Waals surface area contributed by atoms with Crippen molar-refractivity contribution < 1.29 is 14.3 Å². The zero-order valence-electron chi connectivity index (χ0n) is 14.4. The Morgan fingerprint density at radius 1 is 1.30 bits per heavy atom. The lowest BCUT2D eigenvalue weighted by Crippen LogP contribution is -2.45. The number of unbranched alkanes of at least 4 members (excludes halogenated alkanes) is 1. The third-order valence-electron chi connectivity index (χ3n) is 4.25. The number of nitrogens with zero attached hydrogens (tertiary/aromatic N) is 1. The fourth-order valence-corrected chi connectivity index (χ4v) is 3.08. The van der Waals surface area contributed by atoms with E-state index in [1.54, 1.807) is 7.11 Å². The van der Waals surface area contributed by atoms with E-state index in [1.165, 1.54) is 25.3 Å². The molecule has 1 atom stereocenters. The first-order valence-electron chi connectivity index (χ1n) is 8.46. The second kappa shape index (κ2) is 8.89. The van der Waals surface area contributed by atoms with E-state index in [2.05, 4.69) is 23.2 Å². The van der Waals surface area contributed by atoms with E-state index < -0.39 is 0 Å². The molecule has 128 valence electrons. The van der Waals surface area contributed by atoms with Crippen molar-refractivity contribution in [1.82, 2.24) is 10.2 Å². The molecule has 0 unspecified atom stereocenters. The second-order valence-corrected chi connectivity index (χ2v) is 5.95. The average molecular weight is 320 g/mol. The van der Waals surface area contributed by atoms with Crippen LogP contribution in [-0.4, -0.2) is 44.2 Å². The van der Waals surface area contributed by atoms with Crippen LogP contribution in [0.15, 0.2) is 18.2 Å². The summed E-state index contributed by atoms with van der Waals surface area (Å²) in [6.07, 6.45) is 3.51. The molecule has 5 nitrogen and oxygen atoms in total. The molecule has 0 amide bonds. The number of hydrogen-bond acceptors (Lipinski definition) is 5. The molecule has 1 aromatic carbocycles. The fraction of sp³-hybridized carbons (Fsp3) is 0.611. The van der Waals surface area contributed by atoms with Crippen molar-refractivity contribution in [3.63, 3.8) is 0 Å². The number of piperazine rings is 1. The standard InChI is InChI=1S/C18H28N2O3/c1-4-5-6-16(20-11-9-19-10-12-20)15-7-8-17(23-14(2)21)18(13-15)22-3/h7-8,13,16,19H,4-6,9-12H2,1-3H3/t16-/m0/s1. The highest BCUT2D eigenvalue weighted by Gasteiger charge is 2.23. The fourth-order valence-electron chi connectivity index (χ4n) is 3.08. The van der Waals surface area contributed by atoms with Crippen molar-refractivity contribution in [2.75, 3.05) is 33.3 Å². The normalized spacial score (nSPS) is 16.8. The summed E-state index contributed by atoms with van der Waals surface area (Å²) in [4.78, 5) is 13.7. The summed E-state index contributed by atoms with van der Waals surface area (Å²) in [6.45, 7) is 7.80. The molecular weight excluding hydrogens is 292 g/mol. The smallest absolute Gasteiger partial charge is 0.308 e. The number of nitrogens with one attached hydrogen (secondary N) is 1. The minimum absolute atomic E-state index is 0.333. The molecule has 1 heterocycles. The Kier molecular flexibility index (Phi) is 6.86. The second-order valence-electron chi connectivity index (χ2n) is 5.95. The Hall–Kier alpha value is -1.59. The highest BCUT2D eigenvalue weighted by Crippen LogP contribution is 2.34. The summed E-state index contributed by atoms with van der Waals surface area (Å²) < 4.78 is 10.6. The van der Waals surface area contributed by atoms with Crippen molar-refractivity contribution in [1.29, 1.82) is 0 Å². The van der Waals surface area contributed by atoms with Gasteiger partial charge in [-0.1, -0.05) is 25.8 Å². The van der Waals surface area contributed by atoms with Gasteiger partial charge < -0.3 is 14.8 Å². The van der Waals surface area contributed by atoms with Gasteiger partial charge in [-0.05, 0) is 24.1 Å². The van der Waals surface area contributed by atoms with Crippen LogP contribution in [0.2, 0.25) is 0 Å². The first-order chi connectivity index (χ1) is 11.2. The highest BCUT2D eigenvalue weighted by molar-refractivity contribution is 5.70. The summed E-state index contributed by atoms with van der Waals surface area (Å²) in [5.74, 6) is 0.772. The lowest BCUT2D eigenvalue weighted by atomic mass is 9.98. The lowest BCUT2D eigenvalue weighted by molar-refractivity contribution is -0.132.